The lowest BCUT2D eigenvalue weighted by molar-refractivity contribution is 0.0643. The highest BCUT2D eigenvalue weighted by molar-refractivity contribution is 7.83. The average molecular weight is 375 g/mol. The number of rotatable bonds is 11. The fourth-order valence-corrected chi connectivity index (χ4v) is 2.10. The van der Waals surface area contributed by atoms with Crippen LogP contribution in [0.2, 0.25) is 0 Å². The Labute approximate surface area is 144 Å². The number of aliphatic hydroxyl groups excluding tert-OH is 4. The summed E-state index contributed by atoms with van der Waals surface area (Å²) in [5, 5.41) is 41.1. The molecule has 0 aromatic rings. The summed E-state index contributed by atoms with van der Waals surface area (Å²) in [7, 11) is -4.17. The second-order valence-electron chi connectivity index (χ2n) is 5.85. The van der Waals surface area contributed by atoms with E-state index in [1.807, 2.05) is 9.80 Å². The fraction of sp³-hybridized carbons (Fsp3) is 1.00. The predicted octanol–water partition coefficient (Wildman–Crippen LogP) is -2.53. The van der Waals surface area contributed by atoms with Crippen LogP contribution in [0.5, 0.6) is 0 Å². The monoisotopic (exact) mass is 375 g/mol. The minimum Gasteiger partial charge on any atom is -0.395 e. The van der Waals surface area contributed by atoms with Crippen molar-refractivity contribution in [2.45, 2.75) is 39.1 Å². The van der Waals surface area contributed by atoms with Gasteiger partial charge < -0.3 is 20.4 Å². The second-order valence-corrected chi connectivity index (χ2v) is 6.88. The van der Waals surface area contributed by atoms with Crippen molar-refractivity contribution in [3.05, 3.63) is 0 Å². The summed E-state index contributed by atoms with van der Waals surface area (Å²) < 4.78 is 25.2. The van der Waals surface area contributed by atoms with Crippen LogP contribution in [0.4, 0.5) is 0 Å². The summed E-state index contributed by atoms with van der Waals surface area (Å²) in [4.78, 5) is 3.96. The Morgan fingerprint density at radius 3 is 1.42 bits per heavy atom. The molecular formula is C13H33N3O7S. The number of hydrogen-bond donors (Lipinski definition) is 6. The zero-order valence-corrected chi connectivity index (χ0v) is 15.4. The Morgan fingerprint density at radius 1 is 0.833 bits per heavy atom. The largest absolute Gasteiger partial charge is 0.395 e. The van der Waals surface area contributed by atoms with Gasteiger partial charge in [-0.25, -0.2) is 5.14 Å². The normalized spacial score (nSPS) is 15.8. The summed E-state index contributed by atoms with van der Waals surface area (Å²) in [6.45, 7) is 8.62. The molecule has 7 N–H and O–H groups in total. The van der Waals surface area contributed by atoms with E-state index in [-0.39, 0.29) is 6.61 Å². The van der Waals surface area contributed by atoms with Gasteiger partial charge >= 0.3 is 10.3 Å². The van der Waals surface area contributed by atoms with E-state index >= 15 is 0 Å². The van der Waals surface area contributed by atoms with Crippen LogP contribution in [0.1, 0.15) is 20.8 Å². The second kappa shape index (κ2) is 13.9. The van der Waals surface area contributed by atoms with Crippen molar-refractivity contribution < 1.29 is 33.4 Å². The van der Waals surface area contributed by atoms with E-state index in [0.717, 1.165) is 0 Å². The molecule has 0 saturated heterocycles. The highest BCUT2D eigenvalue weighted by Gasteiger charge is 2.14. The third-order valence-electron chi connectivity index (χ3n) is 2.72. The van der Waals surface area contributed by atoms with Gasteiger partial charge in [-0.1, -0.05) is 0 Å². The van der Waals surface area contributed by atoms with Gasteiger partial charge in [-0.3, -0.25) is 14.4 Å². The quantitative estimate of drug-likeness (QED) is 0.213. The smallest absolute Gasteiger partial charge is 0.330 e. The zero-order valence-electron chi connectivity index (χ0n) is 14.6. The molecule has 148 valence electrons. The molecule has 10 nitrogen and oxygen atoms in total. The van der Waals surface area contributed by atoms with Gasteiger partial charge in [-0.15, -0.1) is 0 Å². The van der Waals surface area contributed by atoms with E-state index < -0.39 is 28.6 Å². The Kier molecular flexibility index (Phi) is 14.9. The first-order chi connectivity index (χ1) is 10.8. The van der Waals surface area contributed by atoms with Crippen LogP contribution in [0.15, 0.2) is 0 Å². The van der Waals surface area contributed by atoms with Gasteiger partial charge in [0.2, 0.25) is 0 Å². The van der Waals surface area contributed by atoms with E-state index in [1.54, 1.807) is 20.8 Å². The first-order valence-corrected chi connectivity index (χ1v) is 9.20. The van der Waals surface area contributed by atoms with Gasteiger partial charge in [0.1, 0.15) is 0 Å². The Morgan fingerprint density at radius 2 is 1.12 bits per heavy atom. The third-order valence-corrected chi connectivity index (χ3v) is 2.72. The Balaban J connectivity index is 0. The van der Waals surface area contributed by atoms with Crippen LogP contribution < -0.4 is 5.14 Å². The fourth-order valence-electron chi connectivity index (χ4n) is 2.10. The summed E-state index contributed by atoms with van der Waals surface area (Å²) in [6.07, 6.45) is -1.32. The Bertz CT molecular complexity index is 373. The van der Waals surface area contributed by atoms with E-state index in [1.165, 1.54) is 0 Å². The van der Waals surface area contributed by atoms with Crippen molar-refractivity contribution in [2.75, 3.05) is 45.9 Å². The van der Waals surface area contributed by atoms with Gasteiger partial charge in [-0.05, 0) is 20.8 Å². The van der Waals surface area contributed by atoms with Gasteiger partial charge in [0.25, 0.3) is 0 Å². The molecule has 24 heavy (non-hydrogen) atoms. The lowest BCUT2D eigenvalue weighted by Crippen LogP contribution is -2.43. The van der Waals surface area contributed by atoms with Crippen molar-refractivity contribution in [1.29, 1.82) is 0 Å². The first-order valence-electron chi connectivity index (χ1n) is 7.70. The number of hydrogen-bond acceptors (Lipinski definition) is 8. The SMILES string of the molecule is CC(O)CN(CCO)CCN(CC(C)O)CC(C)O.NS(=O)(=O)O. The topological polar surface area (TPSA) is 168 Å². The van der Waals surface area contributed by atoms with Gasteiger partial charge in [0.15, 0.2) is 0 Å². The molecule has 0 radical (unpaired) electrons. The van der Waals surface area contributed by atoms with E-state index in [2.05, 4.69) is 5.14 Å². The molecule has 3 unspecified atom stereocenters. The molecular weight excluding hydrogens is 342 g/mol. The van der Waals surface area contributed by atoms with Crippen molar-refractivity contribution in [3.8, 4) is 0 Å². The molecule has 0 aromatic carbocycles. The average Bonchev–Trinajstić information content (AvgIpc) is 2.31. The molecule has 0 bridgehead atoms. The summed E-state index contributed by atoms with van der Waals surface area (Å²) in [5.41, 5.74) is 0. The van der Waals surface area contributed by atoms with Crippen LogP contribution in [0.3, 0.4) is 0 Å². The minimum absolute atomic E-state index is 0.0551. The highest BCUT2D eigenvalue weighted by atomic mass is 32.2. The van der Waals surface area contributed by atoms with Crippen LogP contribution in [0.25, 0.3) is 0 Å². The van der Waals surface area contributed by atoms with Gasteiger partial charge in [0, 0.05) is 39.3 Å². The first kappa shape index (κ1) is 25.9. The number of nitrogens with two attached hydrogens (primary N) is 1. The minimum atomic E-state index is -4.17. The molecule has 11 heteroatoms. The van der Waals surface area contributed by atoms with Crippen molar-refractivity contribution in [1.82, 2.24) is 9.80 Å². The third kappa shape index (κ3) is 23.9. The van der Waals surface area contributed by atoms with Gasteiger partial charge in [-0.2, -0.15) is 8.42 Å². The molecule has 0 heterocycles. The summed E-state index contributed by atoms with van der Waals surface area (Å²) >= 11 is 0. The number of nitrogens with zero attached hydrogens (tertiary/aromatic N) is 2. The molecule has 0 spiro atoms. The summed E-state index contributed by atoms with van der Waals surface area (Å²) in [5.74, 6) is 0. The molecule has 0 aliphatic rings. The van der Waals surface area contributed by atoms with E-state index in [9.17, 15) is 15.3 Å². The van der Waals surface area contributed by atoms with E-state index in [0.29, 0.717) is 39.3 Å². The lowest BCUT2D eigenvalue weighted by atomic mass is 10.3. The van der Waals surface area contributed by atoms with Crippen molar-refractivity contribution in [2.24, 2.45) is 5.14 Å². The molecule has 0 fully saturated rings. The molecule has 3 atom stereocenters. The lowest BCUT2D eigenvalue weighted by Gasteiger charge is -2.29. The predicted molar refractivity (Wildman–Crippen MR) is 90.7 cm³/mol. The maximum atomic E-state index is 9.43. The highest BCUT2D eigenvalue weighted by Crippen LogP contribution is 1.99. The molecule has 0 aromatic heterocycles. The van der Waals surface area contributed by atoms with Crippen LogP contribution in [-0.2, 0) is 10.3 Å². The standard InChI is InChI=1S/C13H30N2O4.H3NO3S/c1-11(17)8-14(6-7-16)4-5-15(9-12(2)18)10-13(3)19;1-5(2,3)4/h11-13,16-19H,4-10H2,1-3H3;(H3,1,2,3,4). The molecule has 0 aliphatic heterocycles. The summed E-state index contributed by atoms with van der Waals surface area (Å²) in [6, 6.07) is 0. The van der Waals surface area contributed by atoms with Crippen LogP contribution in [0, 0.1) is 0 Å². The zero-order chi connectivity index (χ0) is 19.3. The molecule has 0 rings (SSSR count). The maximum Gasteiger partial charge on any atom is 0.330 e. The molecule has 0 aliphatic carbocycles. The number of aliphatic hydroxyl groups is 4. The van der Waals surface area contributed by atoms with E-state index in [4.69, 9.17) is 18.1 Å². The molecule has 0 amide bonds. The van der Waals surface area contributed by atoms with Crippen LogP contribution >= 0.6 is 0 Å². The van der Waals surface area contributed by atoms with Crippen molar-refractivity contribution >= 4 is 10.3 Å². The molecule has 0 saturated carbocycles. The maximum absolute atomic E-state index is 9.43. The van der Waals surface area contributed by atoms with Gasteiger partial charge in [0.05, 0.1) is 24.9 Å². The Hall–Kier alpha value is -0.370. The van der Waals surface area contributed by atoms with Crippen molar-refractivity contribution in [3.63, 3.8) is 0 Å². The van der Waals surface area contributed by atoms with Crippen LogP contribution in [-0.4, -0.2) is 107 Å².